The van der Waals surface area contributed by atoms with Gasteiger partial charge in [0.25, 0.3) is 0 Å². The monoisotopic (exact) mass is 323 g/mol. The molecule has 3 aliphatic heterocycles. The van der Waals surface area contributed by atoms with Gasteiger partial charge in [0.1, 0.15) is 0 Å². The van der Waals surface area contributed by atoms with Crippen LogP contribution in [0.5, 0.6) is 0 Å². The number of benzene rings is 1. The molecule has 2 bridgehead atoms. The van der Waals surface area contributed by atoms with Crippen LogP contribution in [-0.2, 0) is 9.53 Å². The lowest BCUT2D eigenvalue weighted by Gasteiger charge is -2.38. The van der Waals surface area contributed by atoms with E-state index in [0.717, 1.165) is 19.4 Å². The van der Waals surface area contributed by atoms with Crippen molar-refractivity contribution in [3.63, 3.8) is 0 Å². The van der Waals surface area contributed by atoms with Crippen molar-refractivity contribution in [3.05, 3.63) is 46.5 Å². The zero-order valence-electron chi connectivity index (χ0n) is 14.5. The zero-order valence-corrected chi connectivity index (χ0v) is 14.5. The minimum Gasteiger partial charge on any atom is -0.450 e. The first-order chi connectivity index (χ1) is 11.6. The van der Waals surface area contributed by atoms with Gasteiger partial charge in [0, 0.05) is 24.5 Å². The Hall–Kier alpha value is -1.61. The molecule has 1 spiro atoms. The molecule has 0 aromatic heterocycles. The fourth-order valence-electron chi connectivity index (χ4n) is 5.95. The summed E-state index contributed by atoms with van der Waals surface area (Å²) in [7, 11) is 0. The van der Waals surface area contributed by atoms with Crippen LogP contribution in [0.3, 0.4) is 0 Å². The van der Waals surface area contributed by atoms with Crippen LogP contribution in [0.25, 0.3) is 0 Å². The molecule has 1 aliphatic carbocycles. The lowest BCUT2D eigenvalue weighted by molar-refractivity contribution is -0.148. The molecule has 0 N–H and O–H groups in total. The van der Waals surface area contributed by atoms with Crippen molar-refractivity contribution in [3.8, 4) is 0 Å². The standard InChI is InChI=1S/C21H25NO2/c1-13-7-14(2)9-15(8-13)17-10-16-11-20(23)24-21(16)12-18(17)22-6-4-3-5-19(21)22/h7-9,11,17-19H,3-6,10,12H2,1-2H3/t17-,18-,19+,21-/m0/s1. The number of carbonyl (C=O) groups excluding carboxylic acids is 1. The summed E-state index contributed by atoms with van der Waals surface area (Å²) in [5, 5.41) is 0. The number of ether oxygens (including phenoxy) is 1. The van der Waals surface area contributed by atoms with Gasteiger partial charge in [0.15, 0.2) is 5.60 Å². The molecule has 3 fully saturated rings. The first-order valence-electron chi connectivity index (χ1n) is 9.35. The molecule has 3 nitrogen and oxygen atoms in total. The number of piperidine rings is 1. The third kappa shape index (κ3) is 1.91. The molecule has 0 radical (unpaired) electrons. The Morgan fingerprint density at radius 3 is 2.75 bits per heavy atom. The summed E-state index contributed by atoms with van der Waals surface area (Å²) in [4.78, 5) is 14.8. The quantitative estimate of drug-likeness (QED) is 0.739. The van der Waals surface area contributed by atoms with E-state index in [1.807, 2.05) is 6.08 Å². The highest BCUT2D eigenvalue weighted by atomic mass is 16.6. The van der Waals surface area contributed by atoms with E-state index in [0.29, 0.717) is 18.0 Å². The first-order valence-corrected chi connectivity index (χ1v) is 9.35. The molecule has 1 aromatic rings. The molecule has 2 saturated heterocycles. The molecular weight excluding hydrogens is 298 g/mol. The number of hydrogen-bond acceptors (Lipinski definition) is 3. The Bertz CT molecular complexity index is 732. The maximum Gasteiger partial charge on any atom is 0.331 e. The fourth-order valence-corrected chi connectivity index (χ4v) is 5.95. The summed E-state index contributed by atoms with van der Waals surface area (Å²) < 4.78 is 5.97. The normalized spacial score (nSPS) is 37.7. The Kier molecular flexibility index (Phi) is 3.03. The number of nitrogens with zero attached hydrogens (tertiary/aromatic N) is 1. The molecular formula is C21H25NO2. The Morgan fingerprint density at radius 2 is 1.96 bits per heavy atom. The molecule has 3 heterocycles. The van der Waals surface area contributed by atoms with Gasteiger partial charge in [-0.2, -0.15) is 0 Å². The van der Waals surface area contributed by atoms with E-state index in [1.165, 1.54) is 41.5 Å². The van der Waals surface area contributed by atoms with Crippen LogP contribution in [-0.4, -0.2) is 35.1 Å². The van der Waals surface area contributed by atoms with Gasteiger partial charge >= 0.3 is 5.97 Å². The van der Waals surface area contributed by atoms with Gasteiger partial charge in [-0.15, -0.1) is 0 Å². The van der Waals surface area contributed by atoms with Gasteiger partial charge in [0.05, 0.1) is 6.04 Å². The third-order valence-electron chi connectivity index (χ3n) is 6.72. The number of carbonyl (C=O) groups is 1. The van der Waals surface area contributed by atoms with Crippen molar-refractivity contribution in [2.24, 2.45) is 0 Å². The summed E-state index contributed by atoms with van der Waals surface area (Å²) in [6.07, 6.45) is 7.48. The van der Waals surface area contributed by atoms with Crippen molar-refractivity contribution in [1.82, 2.24) is 4.90 Å². The summed E-state index contributed by atoms with van der Waals surface area (Å²) in [5.41, 5.74) is 5.09. The maximum absolute atomic E-state index is 12.1. The topological polar surface area (TPSA) is 29.5 Å². The molecule has 3 heteroatoms. The highest BCUT2D eigenvalue weighted by Gasteiger charge is 2.63. The minimum atomic E-state index is -0.294. The van der Waals surface area contributed by atoms with Crippen molar-refractivity contribution < 1.29 is 9.53 Å². The van der Waals surface area contributed by atoms with Crippen molar-refractivity contribution >= 4 is 5.97 Å². The SMILES string of the molecule is Cc1cc(C)cc([C@@H]2CC3=CC(=O)O[C@@]34C[C@@H]2N2CCCC[C@@H]24)c1. The summed E-state index contributed by atoms with van der Waals surface area (Å²) in [6.45, 7) is 5.52. The van der Waals surface area contributed by atoms with Crippen LogP contribution in [0.2, 0.25) is 0 Å². The number of aryl methyl sites for hydroxylation is 2. The molecule has 4 atom stereocenters. The molecule has 4 aliphatic rings. The van der Waals surface area contributed by atoms with E-state index < -0.39 is 0 Å². The Morgan fingerprint density at radius 1 is 1.17 bits per heavy atom. The summed E-state index contributed by atoms with van der Waals surface area (Å²) >= 11 is 0. The predicted molar refractivity (Wildman–Crippen MR) is 92.9 cm³/mol. The molecule has 0 amide bonds. The van der Waals surface area contributed by atoms with Gasteiger partial charge < -0.3 is 4.74 Å². The summed E-state index contributed by atoms with van der Waals surface area (Å²) in [6, 6.07) is 7.86. The van der Waals surface area contributed by atoms with Crippen LogP contribution in [0.15, 0.2) is 29.8 Å². The van der Waals surface area contributed by atoms with Gasteiger partial charge in [-0.3, -0.25) is 4.90 Å². The number of fused-ring (bicyclic) bond motifs is 3. The molecule has 126 valence electrons. The van der Waals surface area contributed by atoms with E-state index in [4.69, 9.17) is 4.74 Å². The lowest BCUT2D eigenvalue weighted by atomic mass is 9.71. The number of esters is 1. The first kappa shape index (κ1) is 14.7. The van der Waals surface area contributed by atoms with Crippen molar-refractivity contribution in [2.75, 3.05) is 6.54 Å². The second-order valence-corrected chi connectivity index (χ2v) is 8.23. The van der Waals surface area contributed by atoms with Gasteiger partial charge in [0.2, 0.25) is 0 Å². The Labute approximate surface area is 143 Å². The number of hydrogen-bond donors (Lipinski definition) is 0. The average molecular weight is 323 g/mol. The Balaban J connectivity index is 1.61. The van der Waals surface area contributed by atoms with E-state index >= 15 is 0 Å². The maximum atomic E-state index is 12.1. The van der Waals surface area contributed by atoms with Crippen LogP contribution in [0.4, 0.5) is 0 Å². The number of rotatable bonds is 1. The highest BCUT2D eigenvalue weighted by molar-refractivity contribution is 5.87. The molecule has 24 heavy (non-hydrogen) atoms. The fraction of sp³-hybridized carbons (Fsp3) is 0.571. The average Bonchev–Trinajstić information content (AvgIpc) is 3.02. The predicted octanol–water partition coefficient (Wildman–Crippen LogP) is 3.64. The van der Waals surface area contributed by atoms with Crippen LogP contribution < -0.4 is 0 Å². The second-order valence-electron chi connectivity index (χ2n) is 8.23. The zero-order chi connectivity index (χ0) is 16.5. The molecule has 1 saturated carbocycles. The van der Waals surface area contributed by atoms with E-state index in [2.05, 4.69) is 36.9 Å². The molecule has 1 aromatic carbocycles. The van der Waals surface area contributed by atoms with Crippen molar-refractivity contribution in [2.45, 2.75) is 69.6 Å². The van der Waals surface area contributed by atoms with E-state index in [9.17, 15) is 4.79 Å². The van der Waals surface area contributed by atoms with Crippen LogP contribution in [0, 0.1) is 13.8 Å². The highest BCUT2D eigenvalue weighted by Crippen LogP contribution is 2.57. The largest absolute Gasteiger partial charge is 0.450 e. The van der Waals surface area contributed by atoms with E-state index in [-0.39, 0.29) is 11.6 Å². The van der Waals surface area contributed by atoms with Gasteiger partial charge in [-0.1, -0.05) is 35.7 Å². The van der Waals surface area contributed by atoms with Crippen LogP contribution >= 0.6 is 0 Å². The third-order valence-corrected chi connectivity index (χ3v) is 6.72. The lowest BCUT2D eigenvalue weighted by Crippen LogP contribution is -2.48. The van der Waals surface area contributed by atoms with E-state index in [1.54, 1.807) is 0 Å². The van der Waals surface area contributed by atoms with Crippen LogP contribution in [0.1, 0.15) is 54.7 Å². The molecule has 5 rings (SSSR count). The second kappa shape index (κ2) is 4.95. The van der Waals surface area contributed by atoms with Gasteiger partial charge in [-0.25, -0.2) is 4.79 Å². The summed E-state index contributed by atoms with van der Waals surface area (Å²) in [5.74, 6) is 0.373. The van der Waals surface area contributed by atoms with Crippen molar-refractivity contribution in [1.29, 1.82) is 0 Å². The smallest absolute Gasteiger partial charge is 0.331 e. The van der Waals surface area contributed by atoms with Gasteiger partial charge in [-0.05, 0) is 50.8 Å². The minimum absolute atomic E-state index is 0.114. The molecule has 0 unspecified atom stereocenters.